The zero-order valence-corrected chi connectivity index (χ0v) is 13.8. The van der Waals surface area contributed by atoms with Gasteiger partial charge in [0.2, 0.25) is 0 Å². The van der Waals surface area contributed by atoms with E-state index in [-0.39, 0.29) is 5.60 Å². The maximum absolute atomic E-state index is 6.83. The second-order valence-corrected chi connectivity index (χ2v) is 9.76. The molecule has 2 aliphatic heterocycles. The van der Waals surface area contributed by atoms with Crippen LogP contribution in [-0.4, -0.2) is 29.8 Å². The first-order valence-electron chi connectivity index (χ1n) is 9.25. The highest BCUT2D eigenvalue weighted by Crippen LogP contribution is 2.70. The van der Waals surface area contributed by atoms with Crippen molar-refractivity contribution >= 4 is 11.8 Å². The summed E-state index contributed by atoms with van der Waals surface area (Å²) in [5.74, 6) is 8.44. The predicted molar refractivity (Wildman–Crippen MR) is 87.2 cm³/mol. The Morgan fingerprint density at radius 2 is 1.76 bits per heavy atom. The third-order valence-electron chi connectivity index (χ3n) is 7.72. The quantitative estimate of drug-likeness (QED) is 0.850. The summed E-state index contributed by atoms with van der Waals surface area (Å²) in [5, 5.41) is 0. The van der Waals surface area contributed by atoms with Crippen LogP contribution in [0.25, 0.3) is 0 Å². The van der Waals surface area contributed by atoms with Gasteiger partial charge in [-0.3, -0.25) is 0 Å². The molecule has 5 rings (SSSR count). The van der Waals surface area contributed by atoms with E-state index in [4.69, 9.17) is 10.5 Å². The molecule has 0 amide bonds. The van der Waals surface area contributed by atoms with Crippen LogP contribution in [0.1, 0.15) is 44.9 Å². The fourth-order valence-corrected chi connectivity index (χ4v) is 7.94. The molecule has 6 unspecified atom stereocenters. The minimum Gasteiger partial charge on any atom is -0.375 e. The van der Waals surface area contributed by atoms with Gasteiger partial charge < -0.3 is 10.5 Å². The molecule has 21 heavy (non-hydrogen) atoms. The summed E-state index contributed by atoms with van der Waals surface area (Å²) in [5.41, 5.74) is 7.04. The number of hydrogen-bond donors (Lipinski definition) is 1. The minimum absolute atomic E-state index is 0.217. The Bertz CT molecular complexity index is 400. The Labute approximate surface area is 132 Å². The maximum Gasteiger partial charge on any atom is 0.0701 e. The van der Waals surface area contributed by atoms with Gasteiger partial charge in [-0.2, -0.15) is 11.8 Å². The highest BCUT2D eigenvalue weighted by Gasteiger charge is 2.67. The number of ether oxygens (including phenoxy) is 1. The van der Waals surface area contributed by atoms with E-state index < -0.39 is 0 Å². The summed E-state index contributed by atoms with van der Waals surface area (Å²) in [7, 11) is 0. The molecule has 3 aliphatic carbocycles. The average molecular weight is 308 g/mol. The highest BCUT2D eigenvalue weighted by molar-refractivity contribution is 7.99. The van der Waals surface area contributed by atoms with Crippen molar-refractivity contribution in [2.24, 2.45) is 41.2 Å². The van der Waals surface area contributed by atoms with Crippen molar-refractivity contribution in [3.63, 3.8) is 0 Å². The van der Waals surface area contributed by atoms with Crippen LogP contribution in [0.4, 0.5) is 0 Å². The van der Waals surface area contributed by atoms with E-state index in [1.165, 1.54) is 50.0 Å². The van der Waals surface area contributed by atoms with E-state index in [0.29, 0.717) is 6.04 Å². The largest absolute Gasteiger partial charge is 0.375 e. The predicted octanol–water partition coefficient (Wildman–Crippen LogP) is 3.30. The molecule has 5 aliphatic rings. The first kappa shape index (κ1) is 13.7. The van der Waals surface area contributed by atoms with Crippen LogP contribution in [-0.2, 0) is 4.74 Å². The van der Waals surface area contributed by atoms with Crippen LogP contribution in [0.5, 0.6) is 0 Å². The van der Waals surface area contributed by atoms with Gasteiger partial charge in [0.05, 0.1) is 5.60 Å². The highest BCUT2D eigenvalue weighted by atomic mass is 32.2. The summed E-state index contributed by atoms with van der Waals surface area (Å²) in [6.45, 7) is 0.970. The standard InChI is InChI=1S/C18H29NOS/c19-17(16-14-11-1-2-12(9-11)15(14)16)13-3-6-20-18(10-13)4-7-21-8-5-18/h11-17H,1-10,19H2. The van der Waals surface area contributed by atoms with Gasteiger partial charge in [-0.25, -0.2) is 0 Å². The molecule has 5 fully saturated rings. The fraction of sp³-hybridized carbons (Fsp3) is 1.00. The molecule has 2 saturated heterocycles. The van der Waals surface area contributed by atoms with Crippen molar-refractivity contribution in [3.8, 4) is 0 Å². The second-order valence-electron chi connectivity index (χ2n) is 8.54. The summed E-state index contributed by atoms with van der Waals surface area (Å²) < 4.78 is 6.27. The minimum atomic E-state index is 0.217. The molecule has 0 aromatic heterocycles. The van der Waals surface area contributed by atoms with Crippen molar-refractivity contribution in [3.05, 3.63) is 0 Å². The van der Waals surface area contributed by atoms with E-state index >= 15 is 0 Å². The molecule has 2 bridgehead atoms. The number of hydrogen-bond acceptors (Lipinski definition) is 3. The van der Waals surface area contributed by atoms with Crippen LogP contribution in [0.15, 0.2) is 0 Å². The molecule has 6 atom stereocenters. The Kier molecular flexibility index (Phi) is 3.18. The van der Waals surface area contributed by atoms with Crippen molar-refractivity contribution in [2.75, 3.05) is 18.1 Å². The average Bonchev–Trinajstić information content (AvgIpc) is 2.94. The lowest BCUT2D eigenvalue weighted by atomic mass is 9.76. The van der Waals surface area contributed by atoms with Crippen molar-refractivity contribution in [2.45, 2.75) is 56.6 Å². The third-order valence-corrected chi connectivity index (χ3v) is 8.70. The molecular weight excluding hydrogens is 278 g/mol. The monoisotopic (exact) mass is 307 g/mol. The van der Waals surface area contributed by atoms with Crippen molar-refractivity contribution in [1.82, 2.24) is 0 Å². The topological polar surface area (TPSA) is 35.2 Å². The van der Waals surface area contributed by atoms with Gasteiger partial charge in [0, 0.05) is 12.6 Å². The SMILES string of the molecule is NC(C1CCOC2(CCSCC2)C1)C1C2C3CCC(C3)C21. The number of rotatable bonds is 2. The lowest BCUT2D eigenvalue weighted by Gasteiger charge is -2.45. The van der Waals surface area contributed by atoms with Crippen LogP contribution < -0.4 is 5.73 Å². The normalized spacial score (nSPS) is 51.9. The summed E-state index contributed by atoms with van der Waals surface area (Å²) in [6.07, 6.45) is 9.61. The first-order chi connectivity index (χ1) is 10.3. The molecule has 2 N–H and O–H groups in total. The Morgan fingerprint density at radius 3 is 2.48 bits per heavy atom. The van der Waals surface area contributed by atoms with Crippen LogP contribution in [0.3, 0.4) is 0 Å². The third kappa shape index (κ3) is 2.06. The molecule has 3 saturated carbocycles. The van der Waals surface area contributed by atoms with Gasteiger partial charge in [0.1, 0.15) is 0 Å². The van der Waals surface area contributed by atoms with Gasteiger partial charge in [0.15, 0.2) is 0 Å². The van der Waals surface area contributed by atoms with Crippen molar-refractivity contribution in [1.29, 1.82) is 0 Å². The van der Waals surface area contributed by atoms with Gasteiger partial charge in [-0.1, -0.05) is 0 Å². The summed E-state index contributed by atoms with van der Waals surface area (Å²) in [4.78, 5) is 0. The Hall–Kier alpha value is 0.270. The first-order valence-corrected chi connectivity index (χ1v) is 10.4. The van der Waals surface area contributed by atoms with Gasteiger partial charge in [-0.15, -0.1) is 0 Å². The summed E-state index contributed by atoms with van der Waals surface area (Å²) in [6, 6.07) is 0.485. The number of thioether (sulfide) groups is 1. The zero-order chi connectivity index (χ0) is 14.0. The van der Waals surface area contributed by atoms with Crippen LogP contribution in [0, 0.1) is 35.5 Å². The Morgan fingerprint density at radius 1 is 1.05 bits per heavy atom. The molecule has 0 aromatic carbocycles. The van der Waals surface area contributed by atoms with Gasteiger partial charge >= 0.3 is 0 Å². The van der Waals surface area contributed by atoms with Gasteiger partial charge in [0.25, 0.3) is 0 Å². The molecule has 3 heteroatoms. The number of fused-ring (bicyclic) bond motifs is 5. The molecular formula is C18H29NOS. The summed E-state index contributed by atoms with van der Waals surface area (Å²) >= 11 is 2.10. The smallest absolute Gasteiger partial charge is 0.0701 e. The molecule has 2 nitrogen and oxygen atoms in total. The maximum atomic E-state index is 6.83. The van der Waals surface area contributed by atoms with Gasteiger partial charge in [-0.05, 0) is 92.0 Å². The van der Waals surface area contributed by atoms with E-state index in [2.05, 4.69) is 11.8 Å². The van der Waals surface area contributed by atoms with E-state index in [0.717, 1.165) is 42.1 Å². The lowest BCUT2D eigenvalue weighted by molar-refractivity contribution is -0.107. The lowest BCUT2D eigenvalue weighted by Crippen LogP contribution is -2.48. The molecule has 2 heterocycles. The van der Waals surface area contributed by atoms with Crippen molar-refractivity contribution < 1.29 is 4.74 Å². The zero-order valence-electron chi connectivity index (χ0n) is 13.0. The molecule has 0 aromatic rings. The number of nitrogens with two attached hydrogens (primary N) is 1. The second kappa shape index (κ2) is 4.88. The van der Waals surface area contributed by atoms with E-state index in [1.54, 1.807) is 6.42 Å². The van der Waals surface area contributed by atoms with E-state index in [9.17, 15) is 0 Å². The van der Waals surface area contributed by atoms with E-state index in [1.807, 2.05) is 0 Å². The Balaban J connectivity index is 1.28. The molecule has 1 spiro atoms. The van der Waals surface area contributed by atoms with Crippen LogP contribution in [0.2, 0.25) is 0 Å². The molecule has 0 radical (unpaired) electrons. The van der Waals surface area contributed by atoms with Crippen LogP contribution >= 0.6 is 11.8 Å². The molecule has 118 valence electrons. The fourth-order valence-electron chi connectivity index (χ4n) is 6.71.